The molecule has 1 aliphatic rings. The summed E-state index contributed by atoms with van der Waals surface area (Å²) < 4.78 is 5.48. The average molecular weight is 259 g/mol. The van der Waals surface area contributed by atoms with Crippen LogP contribution in [0.25, 0.3) is 10.9 Å². The highest BCUT2D eigenvalue weighted by molar-refractivity contribution is 5.98. The topological polar surface area (TPSA) is 71.6 Å². The van der Waals surface area contributed by atoms with Crippen molar-refractivity contribution < 1.29 is 9.84 Å². The number of nitrogens with two attached hydrogens (primary N) is 1. The Morgan fingerprint density at radius 3 is 3.16 bits per heavy atom. The molecule has 5 nitrogen and oxygen atoms in total. The summed E-state index contributed by atoms with van der Waals surface area (Å²) in [5, 5.41) is 10.3. The molecule has 1 atom stereocenters. The molecule has 1 unspecified atom stereocenters. The monoisotopic (exact) mass is 259 g/mol. The average Bonchev–Trinajstić information content (AvgIpc) is 2.47. The minimum Gasteiger partial charge on any atom is -0.397 e. The molecule has 0 aliphatic carbocycles. The van der Waals surface area contributed by atoms with E-state index >= 15 is 0 Å². The van der Waals surface area contributed by atoms with Gasteiger partial charge in [-0.3, -0.25) is 4.98 Å². The van der Waals surface area contributed by atoms with E-state index in [9.17, 15) is 5.11 Å². The first-order valence-electron chi connectivity index (χ1n) is 6.40. The fraction of sp³-hybridized carbons (Fsp3) is 0.357. The summed E-state index contributed by atoms with van der Waals surface area (Å²) in [4.78, 5) is 6.56. The third-order valence-corrected chi connectivity index (χ3v) is 3.46. The van der Waals surface area contributed by atoms with Crippen LogP contribution in [-0.4, -0.2) is 42.5 Å². The molecule has 19 heavy (non-hydrogen) atoms. The number of benzene rings is 1. The summed E-state index contributed by atoms with van der Waals surface area (Å²) >= 11 is 0. The standard InChI is InChI=1S/C14H17N3O2/c15-12-3-1-2-11-13(4-5-16-14(11)12)17-6-7-19-10(8-17)9-18/h1-5,10,18H,6-9,15H2. The maximum absolute atomic E-state index is 9.23. The second kappa shape index (κ2) is 5.03. The highest BCUT2D eigenvalue weighted by Gasteiger charge is 2.21. The van der Waals surface area contributed by atoms with E-state index in [1.165, 1.54) is 0 Å². The Kier molecular flexibility index (Phi) is 3.23. The molecule has 0 amide bonds. The van der Waals surface area contributed by atoms with Crippen molar-refractivity contribution in [3.05, 3.63) is 30.5 Å². The number of hydrogen-bond donors (Lipinski definition) is 2. The van der Waals surface area contributed by atoms with Crippen LogP contribution in [0, 0.1) is 0 Å². The van der Waals surface area contributed by atoms with Gasteiger partial charge < -0.3 is 20.5 Å². The highest BCUT2D eigenvalue weighted by Crippen LogP contribution is 2.29. The number of ether oxygens (including phenoxy) is 1. The van der Waals surface area contributed by atoms with Gasteiger partial charge in [-0.2, -0.15) is 0 Å². The van der Waals surface area contributed by atoms with E-state index in [0.717, 1.165) is 23.1 Å². The largest absolute Gasteiger partial charge is 0.397 e. The first-order chi connectivity index (χ1) is 9.29. The molecule has 1 saturated heterocycles. The second-order valence-electron chi connectivity index (χ2n) is 4.69. The van der Waals surface area contributed by atoms with Crippen molar-refractivity contribution in [3.8, 4) is 0 Å². The lowest BCUT2D eigenvalue weighted by Crippen LogP contribution is -2.44. The number of aromatic nitrogens is 1. The van der Waals surface area contributed by atoms with E-state index in [4.69, 9.17) is 10.5 Å². The van der Waals surface area contributed by atoms with Gasteiger partial charge in [-0.1, -0.05) is 12.1 Å². The van der Waals surface area contributed by atoms with E-state index in [1.807, 2.05) is 24.3 Å². The number of rotatable bonds is 2. The van der Waals surface area contributed by atoms with Gasteiger partial charge in [0.15, 0.2) is 0 Å². The summed E-state index contributed by atoms with van der Waals surface area (Å²) in [6, 6.07) is 7.81. The Morgan fingerprint density at radius 2 is 2.32 bits per heavy atom. The van der Waals surface area contributed by atoms with Crippen LogP contribution in [-0.2, 0) is 4.74 Å². The highest BCUT2D eigenvalue weighted by atomic mass is 16.5. The maximum atomic E-state index is 9.23. The molecule has 1 aromatic heterocycles. The zero-order valence-electron chi connectivity index (χ0n) is 10.6. The van der Waals surface area contributed by atoms with Crippen molar-refractivity contribution in [1.82, 2.24) is 4.98 Å². The van der Waals surface area contributed by atoms with E-state index in [1.54, 1.807) is 6.20 Å². The molecule has 3 N–H and O–H groups in total. The van der Waals surface area contributed by atoms with Crippen LogP contribution in [0.3, 0.4) is 0 Å². The molecule has 1 aromatic carbocycles. The number of nitrogen functional groups attached to an aromatic ring is 1. The first-order valence-corrected chi connectivity index (χ1v) is 6.40. The Morgan fingerprint density at radius 1 is 1.42 bits per heavy atom. The lowest BCUT2D eigenvalue weighted by molar-refractivity contribution is 0.00364. The van der Waals surface area contributed by atoms with Gasteiger partial charge in [-0.05, 0) is 12.1 Å². The number of nitrogens with zero attached hydrogens (tertiary/aromatic N) is 2. The fourth-order valence-corrected chi connectivity index (χ4v) is 2.51. The van der Waals surface area contributed by atoms with Gasteiger partial charge in [-0.15, -0.1) is 0 Å². The molecule has 2 aromatic rings. The summed E-state index contributed by atoms with van der Waals surface area (Å²) in [6.45, 7) is 2.16. The second-order valence-corrected chi connectivity index (χ2v) is 4.69. The number of morpholine rings is 1. The zero-order chi connectivity index (χ0) is 13.2. The molecule has 3 rings (SSSR count). The number of aliphatic hydroxyl groups excluding tert-OH is 1. The lowest BCUT2D eigenvalue weighted by atomic mass is 10.1. The van der Waals surface area contributed by atoms with Crippen molar-refractivity contribution in [2.45, 2.75) is 6.10 Å². The molecule has 100 valence electrons. The SMILES string of the molecule is Nc1cccc2c(N3CCOC(CO)C3)ccnc12. The zero-order valence-corrected chi connectivity index (χ0v) is 10.6. The summed E-state index contributed by atoms with van der Waals surface area (Å²) in [5.41, 5.74) is 8.57. The van der Waals surface area contributed by atoms with Crippen LogP contribution in [0.5, 0.6) is 0 Å². The van der Waals surface area contributed by atoms with Crippen LogP contribution >= 0.6 is 0 Å². The minimum absolute atomic E-state index is 0.0433. The summed E-state index contributed by atoms with van der Waals surface area (Å²) in [7, 11) is 0. The molecular formula is C14H17N3O2. The van der Waals surface area contributed by atoms with Gasteiger partial charge in [0.05, 0.1) is 30.5 Å². The molecule has 1 aliphatic heterocycles. The smallest absolute Gasteiger partial charge is 0.0980 e. The number of hydrogen-bond acceptors (Lipinski definition) is 5. The molecule has 5 heteroatoms. The normalized spacial score (nSPS) is 19.8. The number of para-hydroxylation sites is 1. The van der Waals surface area contributed by atoms with Gasteiger partial charge in [0, 0.05) is 30.4 Å². The minimum atomic E-state index is -0.127. The van der Waals surface area contributed by atoms with Crippen molar-refractivity contribution in [3.63, 3.8) is 0 Å². The van der Waals surface area contributed by atoms with E-state index in [-0.39, 0.29) is 12.7 Å². The molecule has 2 heterocycles. The fourth-order valence-electron chi connectivity index (χ4n) is 2.51. The van der Waals surface area contributed by atoms with Crippen molar-refractivity contribution in [2.75, 3.05) is 36.9 Å². The first kappa shape index (κ1) is 12.2. The van der Waals surface area contributed by atoms with Crippen molar-refractivity contribution >= 4 is 22.3 Å². The molecule has 1 fully saturated rings. The molecular weight excluding hydrogens is 242 g/mol. The summed E-state index contributed by atoms with van der Waals surface area (Å²) in [6.07, 6.45) is 1.65. The van der Waals surface area contributed by atoms with E-state index < -0.39 is 0 Å². The van der Waals surface area contributed by atoms with Crippen molar-refractivity contribution in [2.24, 2.45) is 0 Å². The number of fused-ring (bicyclic) bond motifs is 1. The quantitative estimate of drug-likeness (QED) is 0.788. The third-order valence-electron chi connectivity index (χ3n) is 3.46. The maximum Gasteiger partial charge on any atom is 0.0980 e. The van der Waals surface area contributed by atoms with Gasteiger partial charge in [0.2, 0.25) is 0 Å². The van der Waals surface area contributed by atoms with Crippen LogP contribution < -0.4 is 10.6 Å². The van der Waals surface area contributed by atoms with Gasteiger partial charge in [-0.25, -0.2) is 0 Å². The summed E-state index contributed by atoms with van der Waals surface area (Å²) in [5.74, 6) is 0. The van der Waals surface area contributed by atoms with E-state index in [2.05, 4.69) is 9.88 Å². The number of pyridine rings is 1. The predicted molar refractivity (Wildman–Crippen MR) is 75.2 cm³/mol. The van der Waals surface area contributed by atoms with Gasteiger partial charge in [0.25, 0.3) is 0 Å². The Balaban J connectivity index is 2.03. The van der Waals surface area contributed by atoms with Gasteiger partial charge >= 0.3 is 0 Å². The van der Waals surface area contributed by atoms with Crippen LogP contribution in [0.15, 0.2) is 30.5 Å². The molecule has 0 radical (unpaired) electrons. The van der Waals surface area contributed by atoms with Crippen molar-refractivity contribution in [1.29, 1.82) is 0 Å². The number of anilines is 2. The Hall–Kier alpha value is -1.85. The van der Waals surface area contributed by atoms with E-state index in [0.29, 0.717) is 18.8 Å². The van der Waals surface area contributed by atoms with Crippen LogP contribution in [0.2, 0.25) is 0 Å². The van der Waals surface area contributed by atoms with Crippen LogP contribution in [0.4, 0.5) is 11.4 Å². The molecule has 0 spiro atoms. The lowest BCUT2D eigenvalue weighted by Gasteiger charge is -2.34. The Bertz CT molecular complexity index is 588. The van der Waals surface area contributed by atoms with Crippen LogP contribution in [0.1, 0.15) is 0 Å². The molecule has 0 saturated carbocycles. The molecule has 0 bridgehead atoms. The van der Waals surface area contributed by atoms with Gasteiger partial charge in [0.1, 0.15) is 0 Å². The Labute approximate surface area is 111 Å². The third kappa shape index (κ3) is 2.22. The number of aliphatic hydroxyl groups is 1. The predicted octanol–water partition coefficient (Wildman–Crippen LogP) is 1.01.